The lowest BCUT2D eigenvalue weighted by Gasteiger charge is -2.36. The second kappa shape index (κ2) is 11.6. The molecule has 0 radical (unpaired) electrons. The molecule has 34 heavy (non-hydrogen) atoms. The predicted molar refractivity (Wildman–Crippen MR) is 143 cm³/mol. The molecule has 2 aromatic rings. The van der Waals surface area contributed by atoms with E-state index in [1.54, 1.807) is 6.92 Å². The highest BCUT2D eigenvalue weighted by Gasteiger charge is 2.29. The average Bonchev–Trinajstić information content (AvgIpc) is 3.38. The minimum absolute atomic E-state index is 0.0365. The maximum atomic E-state index is 11.7. The van der Waals surface area contributed by atoms with Gasteiger partial charge in [0.15, 0.2) is 5.78 Å². The van der Waals surface area contributed by atoms with E-state index < -0.39 is 0 Å². The van der Waals surface area contributed by atoms with Gasteiger partial charge in [0.2, 0.25) is 0 Å². The van der Waals surface area contributed by atoms with Crippen molar-refractivity contribution in [3.63, 3.8) is 0 Å². The van der Waals surface area contributed by atoms with E-state index >= 15 is 0 Å². The number of benzene rings is 2. The minimum Gasteiger partial charge on any atom is -0.485 e. The largest absolute Gasteiger partial charge is 0.485 e. The van der Waals surface area contributed by atoms with Crippen LogP contribution in [0.4, 0.5) is 5.69 Å². The summed E-state index contributed by atoms with van der Waals surface area (Å²) in [6, 6.07) is 17.5. The Morgan fingerprint density at radius 3 is 2.38 bits per heavy atom. The summed E-state index contributed by atoms with van der Waals surface area (Å²) in [5.74, 6) is 1.39. The van der Waals surface area contributed by atoms with Gasteiger partial charge in [-0.2, -0.15) is 0 Å². The summed E-state index contributed by atoms with van der Waals surface area (Å²) in [5, 5.41) is 0. The predicted octanol–water partition coefficient (Wildman–Crippen LogP) is 8.06. The van der Waals surface area contributed by atoms with E-state index in [0.29, 0.717) is 12.0 Å². The summed E-state index contributed by atoms with van der Waals surface area (Å²) in [4.78, 5) is 14.3. The molecular weight excluding hydrogens is 418 g/mol. The number of rotatable bonds is 9. The van der Waals surface area contributed by atoms with E-state index in [-0.39, 0.29) is 12.4 Å². The smallest absolute Gasteiger partial charge is 0.167 e. The zero-order valence-electron chi connectivity index (χ0n) is 20.9. The number of hydrogen-bond acceptors (Lipinski definition) is 3. The van der Waals surface area contributed by atoms with Crippen LogP contribution in [0, 0.1) is 5.92 Å². The molecule has 2 aliphatic rings. The van der Waals surface area contributed by atoms with Gasteiger partial charge in [-0.25, -0.2) is 0 Å². The molecule has 3 heteroatoms. The second-order valence-corrected chi connectivity index (χ2v) is 10.1. The van der Waals surface area contributed by atoms with Crippen molar-refractivity contribution in [1.29, 1.82) is 0 Å². The van der Waals surface area contributed by atoms with Gasteiger partial charge < -0.3 is 9.64 Å². The molecule has 3 nitrogen and oxygen atoms in total. The Labute approximate surface area is 205 Å². The number of nitrogens with zero attached hydrogens (tertiary/aromatic N) is 1. The third kappa shape index (κ3) is 6.00. The highest BCUT2D eigenvalue weighted by atomic mass is 16.5. The molecule has 0 unspecified atom stereocenters. The van der Waals surface area contributed by atoms with Crippen molar-refractivity contribution in [2.24, 2.45) is 5.92 Å². The topological polar surface area (TPSA) is 29.5 Å². The first-order valence-corrected chi connectivity index (χ1v) is 13.0. The van der Waals surface area contributed by atoms with Crippen molar-refractivity contribution < 1.29 is 9.53 Å². The van der Waals surface area contributed by atoms with E-state index in [0.717, 1.165) is 16.9 Å². The number of ether oxygens (including phenoxy) is 1. The summed E-state index contributed by atoms with van der Waals surface area (Å²) in [7, 11) is 0. The van der Waals surface area contributed by atoms with Crippen molar-refractivity contribution in [2.45, 2.75) is 77.7 Å². The molecule has 2 fully saturated rings. The van der Waals surface area contributed by atoms with Gasteiger partial charge in [0.1, 0.15) is 12.4 Å². The maximum Gasteiger partial charge on any atom is 0.167 e. The van der Waals surface area contributed by atoms with Crippen molar-refractivity contribution in [1.82, 2.24) is 0 Å². The summed E-state index contributed by atoms with van der Waals surface area (Å²) < 4.78 is 6.05. The van der Waals surface area contributed by atoms with E-state index in [9.17, 15) is 4.79 Å². The fourth-order valence-corrected chi connectivity index (χ4v) is 5.44. The fourth-order valence-electron chi connectivity index (χ4n) is 5.44. The van der Waals surface area contributed by atoms with Crippen molar-refractivity contribution in [3.05, 3.63) is 72.3 Å². The third-order valence-electron chi connectivity index (χ3n) is 7.20. The molecule has 180 valence electrons. The number of ketones is 1. The molecule has 0 amide bonds. The summed E-state index contributed by atoms with van der Waals surface area (Å²) in [6.07, 6.45) is 13.8. The van der Waals surface area contributed by atoms with Gasteiger partial charge in [0.25, 0.3) is 0 Å². The molecule has 2 saturated carbocycles. The van der Waals surface area contributed by atoms with E-state index in [1.165, 1.54) is 74.7 Å². The van der Waals surface area contributed by atoms with Crippen LogP contribution in [0.5, 0.6) is 5.75 Å². The Kier molecular flexibility index (Phi) is 8.26. The molecule has 0 heterocycles. The van der Waals surface area contributed by atoms with E-state index in [2.05, 4.69) is 60.9 Å². The number of carbonyl (C=O) groups is 1. The molecule has 0 spiro atoms. The Balaban J connectivity index is 1.85. The molecule has 0 aliphatic heterocycles. The Morgan fingerprint density at radius 2 is 1.68 bits per heavy atom. The number of allylic oxidation sites excluding steroid dienone is 2. The number of Topliss-reactive ketones (excluding diaryl/α,β-unsaturated/α-hetero) is 1. The van der Waals surface area contributed by atoms with Gasteiger partial charge in [0, 0.05) is 23.0 Å². The molecule has 0 bridgehead atoms. The SMILES string of the molecule is C=C(C)c1cccc(N(C(=CC2CCCCC2)c2ccccc2OCC(C)=O)C2CCCC2)c1. The zero-order chi connectivity index (χ0) is 23.9. The van der Waals surface area contributed by atoms with Crippen molar-refractivity contribution in [2.75, 3.05) is 11.5 Å². The van der Waals surface area contributed by atoms with Crippen LogP contribution in [-0.2, 0) is 4.79 Å². The molecule has 0 atom stereocenters. The highest BCUT2D eigenvalue weighted by Crippen LogP contribution is 2.40. The van der Waals surface area contributed by atoms with Crippen LogP contribution in [0.25, 0.3) is 11.3 Å². The van der Waals surface area contributed by atoms with Gasteiger partial charge >= 0.3 is 0 Å². The van der Waals surface area contributed by atoms with Crippen LogP contribution in [0.2, 0.25) is 0 Å². The third-order valence-corrected chi connectivity index (χ3v) is 7.20. The van der Waals surface area contributed by atoms with Crippen molar-refractivity contribution in [3.8, 4) is 5.75 Å². The lowest BCUT2D eigenvalue weighted by molar-refractivity contribution is -0.118. The standard InChI is InChI=1S/C31H39NO2/c1-23(2)26-14-11-17-28(21-26)32(27-15-7-8-16-27)30(20-25-12-5-4-6-13-25)29-18-9-10-19-31(29)34-22-24(3)33/h9-11,14,17-21,25,27H,1,4-8,12-13,15-16,22H2,2-3H3. The summed E-state index contributed by atoms with van der Waals surface area (Å²) in [5.41, 5.74) is 5.80. The number of hydrogen-bond donors (Lipinski definition) is 0. The van der Waals surface area contributed by atoms with Crippen LogP contribution >= 0.6 is 0 Å². The molecule has 0 aromatic heterocycles. The van der Waals surface area contributed by atoms with Gasteiger partial charge in [-0.15, -0.1) is 0 Å². The first kappa shape index (κ1) is 24.3. The lowest BCUT2D eigenvalue weighted by Crippen LogP contribution is -2.32. The van der Waals surface area contributed by atoms with Gasteiger partial charge in [-0.05, 0) is 75.3 Å². The molecule has 0 saturated heterocycles. The number of carbonyl (C=O) groups excluding carboxylic acids is 1. The summed E-state index contributed by atoms with van der Waals surface area (Å²) >= 11 is 0. The van der Waals surface area contributed by atoms with Crippen LogP contribution in [-0.4, -0.2) is 18.4 Å². The van der Waals surface area contributed by atoms with E-state index in [1.807, 2.05) is 12.1 Å². The van der Waals surface area contributed by atoms with Gasteiger partial charge in [-0.1, -0.05) is 74.6 Å². The van der Waals surface area contributed by atoms with Crippen LogP contribution < -0.4 is 9.64 Å². The fraction of sp³-hybridized carbons (Fsp3) is 0.452. The van der Waals surface area contributed by atoms with E-state index in [4.69, 9.17) is 4.74 Å². The van der Waals surface area contributed by atoms with Gasteiger partial charge in [-0.3, -0.25) is 4.79 Å². The minimum atomic E-state index is 0.0365. The zero-order valence-corrected chi connectivity index (χ0v) is 20.9. The molecule has 2 aromatic carbocycles. The first-order chi connectivity index (χ1) is 16.5. The summed E-state index contributed by atoms with van der Waals surface area (Å²) in [6.45, 7) is 7.94. The Morgan fingerprint density at radius 1 is 0.971 bits per heavy atom. The Hall–Kier alpha value is -2.81. The molecule has 0 N–H and O–H groups in total. The van der Waals surface area contributed by atoms with Gasteiger partial charge in [0.05, 0.1) is 0 Å². The molecular formula is C31H39NO2. The second-order valence-electron chi connectivity index (χ2n) is 10.1. The van der Waals surface area contributed by atoms with Crippen LogP contribution in [0.3, 0.4) is 0 Å². The quantitative estimate of drug-likeness (QED) is 0.381. The first-order valence-electron chi connectivity index (χ1n) is 13.0. The van der Waals surface area contributed by atoms with Crippen LogP contribution in [0.15, 0.2) is 61.2 Å². The number of para-hydroxylation sites is 1. The normalized spacial score (nSPS) is 17.5. The molecule has 4 rings (SSSR count). The Bertz CT molecular complexity index is 1030. The average molecular weight is 458 g/mol. The van der Waals surface area contributed by atoms with Crippen molar-refractivity contribution >= 4 is 22.7 Å². The monoisotopic (exact) mass is 457 g/mol. The van der Waals surface area contributed by atoms with Crippen LogP contribution in [0.1, 0.15) is 82.8 Å². The number of anilines is 1. The maximum absolute atomic E-state index is 11.7. The molecule has 2 aliphatic carbocycles. The highest BCUT2D eigenvalue weighted by molar-refractivity contribution is 5.84. The lowest BCUT2D eigenvalue weighted by atomic mass is 9.87.